The summed E-state index contributed by atoms with van der Waals surface area (Å²) < 4.78 is 32.9. The van der Waals surface area contributed by atoms with Crippen LogP contribution in [0.3, 0.4) is 0 Å². The number of ether oxygens (including phenoxy) is 1. The molecule has 1 aromatic rings. The van der Waals surface area contributed by atoms with Crippen LogP contribution in [0.4, 0.5) is 0 Å². The number of carbonyl (C=O) groups is 2. The van der Waals surface area contributed by atoms with E-state index < -0.39 is 16.0 Å². The van der Waals surface area contributed by atoms with Crippen LogP contribution in [-0.2, 0) is 19.6 Å². The number of aliphatic carboxylic acids is 1. The highest BCUT2D eigenvalue weighted by Gasteiger charge is 2.32. The van der Waals surface area contributed by atoms with Crippen molar-refractivity contribution in [3.05, 3.63) is 29.8 Å². The quantitative estimate of drug-likeness (QED) is 0.745. The van der Waals surface area contributed by atoms with Gasteiger partial charge in [0.05, 0.1) is 23.5 Å². The van der Waals surface area contributed by atoms with Gasteiger partial charge >= 0.3 is 5.97 Å². The normalized spacial score (nSPS) is 21.0. The minimum atomic E-state index is -3.75. The van der Waals surface area contributed by atoms with Gasteiger partial charge in [0.1, 0.15) is 0 Å². The Kier molecular flexibility index (Phi) is 6.96. The molecule has 2 atom stereocenters. The van der Waals surface area contributed by atoms with Gasteiger partial charge in [-0.1, -0.05) is 6.07 Å². The first-order chi connectivity index (χ1) is 12.6. The van der Waals surface area contributed by atoms with Crippen LogP contribution in [-0.4, -0.2) is 73.0 Å². The van der Waals surface area contributed by atoms with Gasteiger partial charge in [-0.2, -0.15) is 4.31 Å². The number of nitrogens with zero attached hydrogens (tertiary/aromatic N) is 2. The average molecular weight is 398 g/mol. The molecule has 1 N–H and O–H groups in total. The second kappa shape index (κ2) is 8.81. The number of morpholine rings is 1. The van der Waals surface area contributed by atoms with E-state index in [4.69, 9.17) is 9.84 Å². The van der Waals surface area contributed by atoms with Gasteiger partial charge in [0.25, 0.3) is 5.91 Å². The molecular formula is C18H26N2O6S. The van der Waals surface area contributed by atoms with Gasteiger partial charge in [0, 0.05) is 31.7 Å². The Morgan fingerprint density at radius 2 is 1.89 bits per heavy atom. The van der Waals surface area contributed by atoms with E-state index in [0.717, 1.165) is 0 Å². The molecule has 1 aliphatic rings. The highest BCUT2D eigenvalue weighted by atomic mass is 32.2. The molecule has 0 spiro atoms. The summed E-state index contributed by atoms with van der Waals surface area (Å²) in [6.07, 6.45) is -0.582. The molecular weight excluding hydrogens is 372 g/mol. The average Bonchev–Trinajstić information content (AvgIpc) is 2.61. The molecule has 0 radical (unpaired) electrons. The first-order valence-electron chi connectivity index (χ1n) is 8.92. The topological polar surface area (TPSA) is 104 Å². The van der Waals surface area contributed by atoms with Crippen molar-refractivity contribution in [2.75, 3.05) is 26.2 Å². The number of amides is 1. The van der Waals surface area contributed by atoms with Crippen molar-refractivity contribution in [1.29, 1.82) is 0 Å². The summed E-state index contributed by atoms with van der Waals surface area (Å²) in [5.41, 5.74) is 0.220. The zero-order valence-electron chi connectivity index (χ0n) is 15.8. The zero-order chi connectivity index (χ0) is 20.2. The molecule has 27 heavy (non-hydrogen) atoms. The molecule has 0 saturated carbocycles. The van der Waals surface area contributed by atoms with Crippen molar-refractivity contribution in [3.8, 4) is 0 Å². The van der Waals surface area contributed by atoms with Crippen LogP contribution in [0.1, 0.15) is 37.6 Å². The monoisotopic (exact) mass is 398 g/mol. The molecule has 1 fully saturated rings. The van der Waals surface area contributed by atoms with Crippen LogP contribution in [0.15, 0.2) is 29.2 Å². The van der Waals surface area contributed by atoms with E-state index >= 15 is 0 Å². The Morgan fingerprint density at radius 3 is 2.44 bits per heavy atom. The van der Waals surface area contributed by atoms with E-state index in [1.54, 1.807) is 6.92 Å². The number of carbonyl (C=O) groups excluding carboxylic acids is 1. The summed E-state index contributed by atoms with van der Waals surface area (Å²) in [7, 11) is -3.75. The third kappa shape index (κ3) is 5.27. The first-order valence-corrected chi connectivity index (χ1v) is 10.4. The van der Waals surface area contributed by atoms with Crippen molar-refractivity contribution in [1.82, 2.24) is 9.21 Å². The molecule has 0 aliphatic carbocycles. The van der Waals surface area contributed by atoms with Gasteiger partial charge in [-0.3, -0.25) is 9.59 Å². The van der Waals surface area contributed by atoms with Crippen molar-refractivity contribution in [3.63, 3.8) is 0 Å². The molecule has 2 unspecified atom stereocenters. The zero-order valence-corrected chi connectivity index (χ0v) is 16.6. The molecule has 1 saturated heterocycles. The van der Waals surface area contributed by atoms with Crippen LogP contribution >= 0.6 is 0 Å². The van der Waals surface area contributed by atoms with Crippen molar-refractivity contribution < 1.29 is 27.9 Å². The van der Waals surface area contributed by atoms with Gasteiger partial charge in [0.15, 0.2) is 0 Å². The molecule has 1 amide bonds. The van der Waals surface area contributed by atoms with E-state index in [2.05, 4.69) is 0 Å². The number of benzene rings is 1. The molecule has 1 aliphatic heterocycles. The number of sulfonamides is 1. The highest BCUT2D eigenvalue weighted by molar-refractivity contribution is 7.89. The lowest BCUT2D eigenvalue weighted by molar-refractivity contribution is -0.137. The van der Waals surface area contributed by atoms with E-state index in [1.165, 1.54) is 33.5 Å². The van der Waals surface area contributed by atoms with Gasteiger partial charge in [-0.25, -0.2) is 8.42 Å². The maximum absolute atomic E-state index is 13.0. The minimum Gasteiger partial charge on any atom is -0.481 e. The lowest BCUT2D eigenvalue weighted by Gasteiger charge is -2.34. The maximum Gasteiger partial charge on any atom is 0.305 e. The van der Waals surface area contributed by atoms with Crippen LogP contribution < -0.4 is 0 Å². The summed E-state index contributed by atoms with van der Waals surface area (Å²) >= 11 is 0. The SMILES string of the molecule is CCN(CCC(=O)O)C(=O)c1cccc(S(=O)(=O)N2CC(C)OC(C)C2)c1. The number of rotatable bonds is 7. The Balaban J connectivity index is 2.25. The third-order valence-electron chi connectivity index (χ3n) is 4.37. The molecule has 1 aromatic carbocycles. The second-order valence-corrected chi connectivity index (χ2v) is 8.57. The summed E-state index contributed by atoms with van der Waals surface area (Å²) in [6, 6.07) is 5.88. The highest BCUT2D eigenvalue weighted by Crippen LogP contribution is 2.22. The molecule has 150 valence electrons. The van der Waals surface area contributed by atoms with E-state index in [1.807, 2.05) is 13.8 Å². The fraction of sp³-hybridized carbons (Fsp3) is 0.556. The van der Waals surface area contributed by atoms with Crippen molar-refractivity contribution in [2.45, 2.75) is 44.3 Å². The van der Waals surface area contributed by atoms with Crippen molar-refractivity contribution >= 4 is 21.9 Å². The standard InChI is InChI=1S/C18H26N2O6S/c1-4-19(9-8-17(21)22)18(23)15-6-5-7-16(10-15)27(24,25)20-11-13(2)26-14(3)12-20/h5-7,10,13-14H,4,8-9,11-12H2,1-3H3,(H,21,22). The van der Waals surface area contributed by atoms with Crippen LogP contribution in [0.2, 0.25) is 0 Å². The summed E-state index contributed by atoms with van der Waals surface area (Å²) in [5, 5.41) is 8.82. The van der Waals surface area contributed by atoms with Gasteiger partial charge in [-0.15, -0.1) is 0 Å². The Hall–Kier alpha value is -1.97. The second-order valence-electron chi connectivity index (χ2n) is 6.64. The minimum absolute atomic E-state index is 0.0453. The first kappa shape index (κ1) is 21.3. The molecule has 0 bridgehead atoms. The van der Waals surface area contributed by atoms with Crippen LogP contribution in [0.5, 0.6) is 0 Å². The fourth-order valence-electron chi connectivity index (χ4n) is 3.08. The van der Waals surface area contributed by atoms with Gasteiger partial charge in [-0.05, 0) is 39.0 Å². The van der Waals surface area contributed by atoms with Crippen LogP contribution in [0.25, 0.3) is 0 Å². The molecule has 8 nitrogen and oxygen atoms in total. The van der Waals surface area contributed by atoms with E-state index in [-0.39, 0.29) is 54.6 Å². The third-order valence-corrected chi connectivity index (χ3v) is 6.20. The number of hydrogen-bond acceptors (Lipinski definition) is 5. The molecule has 2 rings (SSSR count). The number of hydrogen-bond donors (Lipinski definition) is 1. The van der Waals surface area contributed by atoms with Gasteiger partial charge in [0.2, 0.25) is 10.0 Å². The lowest BCUT2D eigenvalue weighted by Crippen LogP contribution is -2.48. The van der Waals surface area contributed by atoms with E-state index in [9.17, 15) is 18.0 Å². The maximum atomic E-state index is 13.0. The predicted molar refractivity (Wildman–Crippen MR) is 99.0 cm³/mol. The Labute approximate surface area is 159 Å². The predicted octanol–water partition coefficient (Wildman–Crippen LogP) is 1.42. The lowest BCUT2D eigenvalue weighted by atomic mass is 10.2. The molecule has 9 heteroatoms. The Bertz CT molecular complexity index is 785. The van der Waals surface area contributed by atoms with Crippen LogP contribution in [0, 0.1) is 0 Å². The van der Waals surface area contributed by atoms with E-state index in [0.29, 0.717) is 6.54 Å². The number of carboxylic acid groups (broad SMARTS) is 1. The summed E-state index contributed by atoms with van der Waals surface area (Å²) in [5.74, 6) is -1.38. The molecule has 1 heterocycles. The summed E-state index contributed by atoms with van der Waals surface area (Å²) in [4.78, 5) is 24.8. The summed E-state index contributed by atoms with van der Waals surface area (Å²) in [6.45, 7) is 6.30. The largest absolute Gasteiger partial charge is 0.481 e. The number of carboxylic acids is 1. The van der Waals surface area contributed by atoms with Gasteiger partial charge < -0.3 is 14.7 Å². The fourth-order valence-corrected chi connectivity index (χ4v) is 4.72. The molecule has 0 aromatic heterocycles. The smallest absolute Gasteiger partial charge is 0.305 e. The Morgan fingerprint density at radius 1 is 1.26 bits per heavy atom. The van der Waals surface area contributed by atoms with Crippen molar-refractivity contribution in [2.24, 2.45) is 0 Å².